The standard InChI is InChI=1S/C20H17BrN4O2/c1-12-8-15(14(3)25(12)18-6-4-17(21)5-7-18)10-16(11-22)20(26)23-19-9-13(2)27-24-19/h4-10H,1-3H3,(H,23,24,26)/b16-10-. The number of aryl methyl sites for hydroxylation is 2. The van der Waals surface area contributed by atoms with Crippen LogP contribution < -0.4 is 5.32 Å². The molecule has 1 aromatic carbocycles. The zero-order valence-electron chi connectivity index (χ0n) is 15.1. The third kappa shape index (κ3) is 4.01. The van der Waals surface area contributed by atoms with Crippen LogP contribution in [-0.2, 0) is 4.79 Å². The maximum Gasteiger partial charge on any atom is 0.267 e. The van der Waals surface area contributed by atoms with Gasteiger partial charge in [0.1, 0.15) is 17.4 Å². The quantitative estimate of drug-likeness (QED) is 0.485. The van der Waals surface area contributed by atoms with Crippen LogP contribution in [0.4, 0.5) is 5.82 Å². The first-order valence-corrected chi connectivity index (χ1v) is 8.99. The van der Waals surface area contributed by atoms with Crippen molar-refractivity contribution in [2.24, 2.45) is 0 Å². The van der Waals surface area contributed by atoms with Crippen LogP contribution in [0.3, 0.4) is 0 Å². The molecule has 3 aromatic rings. The van der Waals surface area contributed by atoms with Crippen LogP contribution in [0, 0.1) is 32.1 Å². The zero-order chi connectivity index (χ0) is 19.6. The SMILES string of the molecule is Cc1cc(NC(=O)/C(C#N)=C\c2cc(C)n(-c3ccc(Br)cc3)c2C)no1. The van der Waals surface area contributed by atoms with Gasteiger partial charge in [0.25, 0.3) is 5.91 Å². The van der Waals surface area contributed by atoms with Gasteiger partial charge in [0, 0.05) is 27.6 Å². The lowest BCUT2D eigenvalue weighted by molar-refractivity contribution is -0.112. The maximum atomic E-state index is 12.4. The molecule has 0 aliphatic heterocycles. The summed E-state index contributed by atoms with van der Waals surface area (Å²) in [5.41, 5.74) is 3.75. The summed E-state index contributed by atoms with van der Waals surface area (Å²) in [7, 11) is 0. The number of halogens is 1. The summed E-state index contributed by atoms with van der Waals surface area (Å²) in [6.07, 6.45) is 1.58. The van der Waals surface area contributed by atoms with Gasteiger partial charge in [-0.05, 0) is 62.7 Å². The molecule has 0 bridgehead atoms. The van der Waals surface area contributed by atoms with Crippen LogP contribution >= 0.6 is 15.9 Å². The molecule has 7 heteroatoms. The predicted molar refractivity (Wildman–Crippen MR) is 106 cm³/mol. The van der Waals surface area contributed by atoms with Crippen LogP contribution in [0.15, 0.2) is 51.0 Å². The largest absolute Gasteiger partial charge is 0.360 e. The number of hydrogen-bond donors (Lipinski definition) is 1. The number of amides is 1. The van der Waals surface area contributed by atoms with E-state index in [0.717, 1.165) is 27.1 Å². The summed E-state index contributed by atoms with van der Waals surface area (Å²) in [5, 5.41) is 15.7. The Morgan fingerprint density at radius 2 is 1.96 bits per heavy atom. The van der Waals surface area contributed by atoms with Gasteiger partial charge in [-0.1, -0.05) is 21.1 Å². The minimum atomic E-state index is -0.528. The molecule has 136 valence electrons. The second kappa shape index (κ2) is 7.64. The Balaban J connectivity index is 1.93. The molecule has 0 radical (unpaired) electrons. The van der Waals surface area contributed by atoms with Crippen LogP contribution in [-0.4, -0.2) is 15.6 Å². The molecule has 0 saturated carbocycles. The smallest absolute Gasteiger partial charge is 0.267 e. The van der Waals surface area contributed by atoms with E-state index in [2.05, 4.69) is 31.0 Å². The second-order valence-electron chi connectivity index (χ2n) is 6.09. The highest BCUT2D eigenvalue weighted by Gasteiger charge is 2.15. The Labute approximate surface area is 165 Å². The van der Waals surface area contributed by atoms with Crippen molar-refractivity contribution in [3.8, 4) is 11.8 Å². The van der Waals surface area contributed by atoms with E-state index < -0.39 is 5.91 Å². The van der Waals surface area contributed by atoms with E-state index in [4.69, 9.17) is 4.52 Å². The minimum absolute atomic E-state index is 0.00768. The van der Waals surface area contributed by atoms with Gasteiger partial charge in [-0.15, -0.1) is 0 Å². The van der Waals surface area contributed by atoms with E-state index in [1.807, 2.05) is 50.2 Å². The first-order chi connectivity index (χ1) is 12.9. The summed E-state index contributed by atoms with van der Waals surface area (Å²) in [4.78, 5) is 12.4. The van der Waals surface area contributed by atoms with E-state index in [0.29, 0.717) is 5.76 Å². The lowest BCUT2D eigenvalue weighted by Crippen LogP contribution is -2.13. The first kappa shape index (κ1) is 18.7. The molecule has 0 unspecified atom stereocenters. The molecule has 0 aliphatic carbocycles. The zero-order valence-corrected chi connectivity index (χ0v) is 16.7. The molecule has 0 fully saturated rings. The van der Waals surface area contributed by atoms with Crippen molar-refractivity contribution in [3.63, 3.8) is 0 Å². The van der Waals surface area contributed by atoms with Gasteiger partial charge in [-0.3, -0.25) is 4.79 Å². The van der Waals surface area contributed by atoms with Crippen LogP contribution in [0.25, 0.3) is 11.8 Å². The lowest BCUT2D eigenvalue weighted by atomic mass is 10.1. The van der Waals surface area contributed by atoms with E-state index in [-0.39, 0.29) is 11.4 Å². The van der Waals surface area contributed by atoms with Crippen LogP contribution in [0.2, 0.25) is 0 Å². The second-order valence-corrected chi connectivity index (χ2v) is 7.00. The Morgan fingerprint density at radius 3 is 2.56 bits per heavy atom. The molecular weight excluding hydrogens is 408 g/mol. The van der Waals surface area contributed by atoms with Crippen molar-refractivity contribution in [3.05, 3.63) is 69.2 Å². The number of carbonyl (C=O) groups is 1. The molecule has 0 aliphatic rings. The molecule has 3 rings (SSSR count). The predicted octanol–water partition coefficient (Wildman–Crippen LogP) is 4.70. The van der Waals surface area contributed by atoms with Gasteiger partial charge in [-0.2, -0.15) is 5.26 Å². The van der Waals surface area contributed by atoms with Crippen molar-refractivity contribution >= 4 is 33.7 Å². The van der Waals surface area contributed by atoms with Gasteiger partial charge in [0.05, 0.1) is 0 Å². The van der Waals surface area contributed by atoms with Crippen molar-refractivity contribution in [1.82, 2.24) is 9.72 Å². The van der Waals surface area contributed by atoms with Crippen molar-refractivity contribution in [1.29, 1.82) is 5.26 Å². The maximum absolute atomic E-state index is 12.4. The minimum Gasteiger partial charge on any atom is -0.360 e. The van der Waals surface area contributed by atoms with E-state index in [9.17, 15) is 10.1 Å². The highest BCUT2D eigenvalue weighted by atomic mass is 79.9. The number of nitriles is 1. The third-order valence-electron chi connectivity index (χ3n) is 4.09. The Kier molecular flexibility index (Phi) is 5.28. The number of nitrogens with zero attached hydrogens (tertiary/aromatic N) is 3. The fraction of sp³-hybridized carbons (Fsp3) is 0.150. The Bertz CT molecular complexity index is 1070. The molecule has 0 saturated heterocycles. The molecule has 27 heavy (non-hydrogen) atoms. The molecule has 0 atom stereocenters. The number of aromatic nitrogens is 2. The topological polar surface area (TPSA) is 83.9 Å². The van der Waals surface area contributed by atoms with Crippen molar-refractivity contribution in [2.45, 2.75) is 20.8 Å². The summed E-state index contributed by atoms with van der Waals surface area (Å²) >= 11 is 3.44. The molecule has 2 heterocycles. The fourth-order valence-corrected chi connectivity index (χ4v) is 3.10. The highest BCUT2D eigenvalue weighted by Crippen LogP contribution is 2.24. The van der Waals surface area contributed by atoms with Crippen LogP contribution in [0.1, 0.15) is 22.7 Å². The van der Waals surface area contributed by atoms with Crippen molar-refractivity contribution in [2.75, 3.05) is 5.32 Å². The van der Waals surface area contributed by atoms with Gasteiger partial charge in [-0.25, -0.2) is 0 Å². The molecule has 1 amide bonds. The summed E-state index contributed by atoms with van der Waals surface area (Å²) in [6, 6.07) is 13.4. The summed E-state index contributed by atoms with van der Waals surface area (Å²) in [6.45, 7) is 5.66. The van der Waals surface area contributed by atoms with Gasteiger partial charge in [0.2, 0.25) is 0 Å². The molecule has 0 spiro atoms. The Morgan fingerprint density at radius 1 is 1.26 bits per heavy atom. The average molecular weight is 425 g/mol. The normalized spacial score (nSPS) is 11.3. The fourth-order valence-electron chi connectivity index (χ4n) is 2.83. The monoisotopic (exact) mass is 424 g/mol. The number of carbonyl (C=O) groups excluding carboxylic acids is 1. The number of rotatable bonds is 4. The molecule has 6 nitrogen and oxygen atoms in total. The lowest BCUT2D eigenvalue weighted by Gasteiger charge is -2.09. The summed E-state index contributed by atoms with van der Waals surface area (Å²) in [5.74, 6) is 0.323. The molecule has 2 aromatic heterocycles. The van der Waals surface area contributed by atoms with Crippen molar-refractivity contribution < 1.29 is 9.32 Å². The highest BCUT2D eigenvalue weighted by molar-refractivity contribution is 9.10. The third-order valence-corrected chi connectivity index (χ3v) is 4.62. The molecular formula is C20H17BrN4O2. The number of anilines is 1. The van der Waals surface area contributed by atoms with E-state index >= 15 is 0 Å². The number of hydrogen-bond acceptors (Lipinski definition) is 4. The van der Waals surface area contributed by atoms with Crippen LogP contribution in [0.5, 0.6) is 0 Å². The first-order valence-electron chi connectivity index (χ1n) is 8.20. The number of nitrogens with one attached hydrogen (secondary N) is 1. The average Bonchev–Trinajstić information content (AvgIpc) is 3.16. The van der Waals surface area contributed by atoms with Gasteiger partial charge < -0.3 is 14.4 Å². The van der Waals surface area contributed by atoms with Gasteiger partial charge in [0.15, 0.2) is 5.82 Å². The van der Waals surface area contributed by atoms with E-state index in [1.54, 1.807) is 19.1 Å². The number of benzene rings is 1. The Hall–Kier alpha value is -3.11. The van der Waals surface area contributed by atoms with Gasteiger partial charge >= 0.3 is 0 Å². The van der Waals surface area contributed by atoms with E-state index in [1.165, 1.54) is 0 Å². The molecule has 1 N–H and O–H groups in total. The summed E-state index contributed by atoms with van der Waals surface area (Å²) < 4.78 is 7.99.